The molecule has 0 atom stereocenters. The fourth-order valence-corrected chi connectivity index (χ4v) is 4.50. The van der Waals surface area contributed by atoms with Crippen molar-refractivity contribution in [2.24, 2.45) is 0 Å². The molecule has 4 nitrogen and oxygen atoms in total. The second-order valence-electron chi connectivity index (χ2n) is 6.70. The van der Waals surface area contributed by atoms with Crippen LogP contribution in [-0.4, -0.2) is 24.0 Å². The van der Waals surface area contributed by atoms with Crippen molar-refractivity contribution in [1.82, 2.24) is 9.78 Å². The first-order valence-electron chi connectivity index (χ1n) is 9.53. The molecule has 0 amide bonds. The van der Waals surface area contributed by atoms with Gasteiger partial charge < -0.3 is 9.47 Å². The number of methoxy groups -OCH3 is 2. The maximum atomic E-state index is 13.6. The lowest BCUT2D eigenvalue weighted by Crippen LogP contribution is -2.01. The molecule has 0 aliphatic carbocycles. The Morgan fingerprint density at radius 2 is 1.77 bits per heavy atom. The highest BCUT2D eigenvalue weighted by molar-refractivity contribution is 7.98. The summed E-state index contributed by atoms with van der Waals surface area (Å²) in [7, 11) is 3.24. The first kappa shape index (κ1) is 21.3. The molecule has 0 spiro atoms. The molecular formula is C24H20ClFN2O2S. The third-order valence-corrected chi connectivity index (χ3v) is 6.20. The largest absolute Gasteiger partial charge is 0.496 e. The van der Waals surface area contributed by atoms with Crippen LogP contribution in [-0.2, 0) is 5.75 Å². The van der Waals surface area contributed by atoms with Gasteiger partial charge in [0.1, 0.15) is 17.3 Å². The van der Waals surface area contributed by atoms with Gasteiger partial charge in [0.25, 0.3) is 0 Å². The van der Waals surface area contributed by atoms with E-state index >= 15 is 0 Å². The molecule has 0 unspecified atom stereocenters. The van der Waals surface area contributed by atoms with Crippen LogP contribution in [0, 0.1) is 5.82 Å². The molecule has 31 heavy (non-hydrogen) atoms. The highest BCUT2D eigenvalue weighted by atomic mass is 35.5. The first-order valence-corrected chi connectivity index (χ1v) is 10.9. The van der Waals surface area contributed by atoms with Gasteiger partial charge in [0.15, 0.2) is 0 Å². The zero-order valence-electron chi connectivity index (χ0n) is 17.0. The predicted molar refractivity (Wildman–Crippen MR) is 123 cm³/mol. The Kier molecular flexibility index (Phi) is 6.49. The fraction of sp³-hybridized carbons (Fsp3) is 0.125. The number of benzene rings is 3. The SMILES string of the molecule is COc1cc(OC)c(-c2ccnn2-c2ccccc2Cl)cc1SCc1cccc(F)c1. The van der Waals surface area contributed by atoms with Gasteiger partial charge in [-0.05, 0) is 42.0 Å². The van der Waals surface area contributed by atoms with Crippen LogP contribution in [0.3, 0.4) is 0 Å². The molecule has 0 bridgehead atoms. The molecule has 0 saturated heterocycles. The average Bonchev–Trinajstić information content (AvgIpc) is 3.27. The molecule has 158 valence electrons. The number of hydrogen-bond acceptors (Lipinski definition) is 4. The summed E-state index contributed by atoms with van der Waals surface area (Å²) in [5.41, 5.74) is 3.35. The monoisotopic (exact) mass is 454 g/mol. The van der Waals surface area contributed by atoms with Crippen molar-refractivity contribution >= 4 is 23.4 Å². The van der Waals surface area contributed by atoms with Gasteiger partial charge in [-0.2, -0.15) is 5.10 Å². The van der Waals surface area contributed by atoms with Crippen molar-refractivity contribution in [2.45, 2.75) is 10.6 Å². The van der Waals surface area contributed by atoms with Crippen molar-refractivity contribution in [2.75, 3.05) is 14.2 Å². The Bertz CT molecular complexity index is 1210. The molecule has 3 aromatic carbocycles. The van der Waals surface area contributed by atoms with Crippen molar-refractivity contribution < 1.29 is 13.9 Å². The number of halogens is 2. The summed E-state index contributed by atoms with van der Waals surface area (Å²) in [6.07, 6.45) is 1.72. The number of aromatic nitrogens is 2. The zero-order valence-corrected chi connectivity index (χ0v) is 18.6. The maximum absolute atomic E-state index is 13.6. The highest BCUT2D eigenvalue weighted by Gasteiger charge is 2.18. The summed E-state index contributed by atoms with van der Waals surface area (Å²) < 4.78 is 26.6. The van der Waals surface area contributed by atoms with Gasteiger partial charge in [-0.3, -0.25) is 0 Å². The molecule has 4 aromatic rings. The number of hydrogen-bond donors (Lipinski definition) is 0. The van der Waals surface area contributed by atoms with E-state index in [1.807, 2.05) is 48.5 Å². The summed E-state index contributed by atoms with van der Waals surface area (Å²) >= 11 is 7.98. The van der Waals surface area contributed by atoms with E-state index in [1.54, 1.807) is 42.9 Å². The number of nitrogens with zero attached hydrogens (tertiary/aromatic N) is 2. The van der Waals surface area contributed by atoms with Crippen LogP contribution in [0.4, 0.5) is 4.39 Å². The minimum atomic E-state index is -0.246. The van der Waals surface area contributed by atoms with Crippen LogP contribution in [0.2, 0.25) is 5.02 Å². The van der Waals surface area contributed by atoms with Gasteiger partial charge in [0.2, 0.25) is 0 Å². The van der Waals surface area contributed by atoms with Gasteiger partial charge >= 0.3 is 0 Å². The second-order valence-corrected chi connectivity index (χ2v) is 8.13. The molecule has 7 heteroatoms. The summed E-state index contributed by atoms with van der Waals surface area (Å²) in [5, 5.41) is 5.07. The molecule has 1 heterocycles. The van der Waals surface area contributed by atoms with E-state index < -0.39 is 0 Å². The van der Waals surface area contributed by atoms with E-state index in [1.165, 1.54) is 12.1 Å². The Balaban J connectivity index is 1.76. The molecule has 0 radical (unpaired) electrons. The summed E-state index contributed by atoms with van der Waals surface area (Å²) in [6.45, 7) is 0. The topological polar surface area (TPSA) is 36.3 Å². The van der Waals surface area contributed by atoms with Gasteiger partial charge in [-0.1, -0.05) is 35.9 Å². The summed E-state index contributed by atoms with van der Waals surface area (Å²) in [6, 6.07) is 19.9. The number of rotatable bonds is 7. The number of thioether (sulfide) groups is 1. The predicted octanol–water partition coefficient (Wildman–Crippen LogP) is 6.64. The Labute approximate surface area is 189 Å². The maximum Gasteiger partial charge on any atom is 0.136 e. The average molecular weight is 455 g/mol. The van der Waals surface area contributed by atoms with Crippen LogP contribution in [0.5, 0.6) is 11.5 Å². The van der Waals surface area contributed by atoms with Crippen LogP contribution in [0.15, 0.2) is 77.8 Å². The lowest BCUT2D eigenvalue weighted by Gasteiger charge is -2.16. The highest BCUT2D eigenvalue weighted by Crippen LogP contribution is 2.42. The van der Waals surface area contributed by atoms with Crippen molar-refractivity contribution in [3.63, 3.8) is 0 Å². The molecule has 0 N–H and O–H groups in total. The van der Waals surface area contributed by atoms with Gasteiger partial charge in [-0.15, -0.1) is 11.8 Å². The summed E-state index contributed by atoms with van der Waals surface area (Å²) in [5.74, 6) is 1.69. The molecular weight excluding hydrogens is 435 g/mol. The molecule has 0 saturated carbocycles. The lowest BCUT2D eigenvalue weighted by molar-refractivity contribution is 0.388. The first-order chi connectivity index (χ1) is 15.1. The molecule has 0 aliphatic rings. The van der Waals surface area contributed by atoms with Crippen LogP contribution in [0.25, 0.3) is 16.9 Å². The van der Waals surface area contributed by atoms with E-state index in [9.17, 15) is 4.39 Å². The van der Waals surface area contributed by atoms with Crippen molar-refractivity contribution in [3.05, 3.63) is 89.3 Å². The van der Waals surface area contributed by atoms with E-state index in [-0.39, 0.29) is 5.82 Å². The van der Waals surface area contributed by atoms with E-state index in [4.69, 9.17) is 21.1 Å². The fourth-order valence-electron chi connectivity index (χ4n) is 3.29. The standard InChI is InChI=1S/C24H20ClFN2O2S/c1-29-22-14-23(30-2)24(31-15-16-6-5-7-17(26)12-16)13-18(22)20-10-11-27-28(20)21-9-4-3-8-19(21)25/h3-14H,15H2,1-2H3. The van der Waals surface area contributed by atoms with E-state index in [2.05, 4.69) is 5.10 Å². The minimum Gasteiger partial charge on any atom is -0.496 e. The van der Waals surface area contributed by atoms with Gasteiger partial charge in [0, 0.05) is 17.4 Å². The summed E-state index contributed by atoms with van der Waals surface area (Å²) in [4.78, 5) is 0.912. The molecule has 0 aliphatic heterocycles. The zero-order chi connectivity index (χ0) is 21.8. The van der Waals surface area contributed by atoms with Crippen LogP contribution < -0.4 is 9.47 Å². The number of para-hydroxylation sites is 1. The Morgan fingerprint density at radius 3 is 2.52 bits per heavy atom. The van der Waals surface area contributed by atoms with Crippen molar-refractivity contribution in [1.29, 1.82) is 0 Å². The third kappa shape index (κ3) is 4.55. The van der Waals surface area contributed by atoms with Crippen LogP contribution >= 0.6 is 23.4 Å². The minimum absolute atomic E-state index is 0.246. The quantitative estimate of drug-likeness (QED) is 0.293. The Morgan fingerprint density at radius 1 is 0.968 bits per heavy atom. The molecule has 1 aromatic heterocycles. The van der Waals surface area contributed by atoms with Crippen molar-refractivity contribution in [3.8, 4) is 28.4 Å². The second kappa shape index (κ2) is 9.45. The normalized spacial score (nSPS) is 10.8. The van der Waals surface area contributed by atoms with E-state index in [0.717, 1.165) is 27.4 Å². The third-order valence-electron chi connectivity index (χ3n) is 4.77. The van der Waals surface area contributed by atoms with Gasteiger partial charge in [0.05, 0.1) is 41.7 Å². The van der Waals surface area contributed by atoms with Crippen LogP contribution in [0.1, 0.15) is 5.56 Å². The smallest absolute Gasteiger partial charge is 0.136 e. The lowest BCUT2D eigenvalue weighted by atomic mass is 10.1. The van der Waals surface area contributed by atoms with E-state index in [0.29, 0.717) is 22.3 Å². The van der Waals surface area contributed by atoms with Gasteiger partial charge in [-0.25, -0.2) is 9.07 Å². The Hall–Kier alpha value is -2.96. The molecule has 0 fully saturated rings. The number of ether oxygens (including phenoxy) is 2. The molecule has 4 rings (SSSR count).